The largest absolute Gasteiger partial charge is 0.456 e. The molecule has 112 valence electrons. The highest BCUT2D eigenvalue weighted by Gasteiger charge is 2.11. The van der Waals surface area contributed by atoms with Gasteiger partial charge in [0.25, 0.3) is 0 Å². The minimum absolute atomic E-state index is 0.317. The molecular formula is C18H22BrNO. The molecule has 0 aliphatic carbocycles. The van der Waals surface area contributed by atoms with Crippen molar-refractivity contribution in [3.05, 3.63) is 57.1 Å². The molecule has 0 fully saturated rings. The van der Waals surface area contributed by atoms with E-state index in [-0.39, 0.29) is 0 Å². The molecule has 2 aromatic rings. The van der Waals surface area contributed by atoms with E-state index in [0.717, 1.165) is 21.5 Å². The van der Waals surface area contributed by atoms with Crippen LogP contribution < -0.4 is 10.1 Å². The summed E-state index contributed by atoms with van der Waals surface area (Å²) in [5.41, 5.74) is 4.81. The topological polar surface area (TPSA) is 21.3 Å². The van der Waals surface area contributed by atoms with Crippen LogP contribution in [0.15, 0.2) is 34.8 Å². The first-order valence-corrected chi connectivity index (χ1v) is 7.94. The van der Waals surface area contributed by atoms with Gasteiger partial charge >= 0.3 is 0 Å². The zero-order valence-electron chi connectivity index (χ0n) is 13.3. The van der Waals surface area contributed by atoms with Crippen LogP contribution in [-0.2, 0) is 0 Å². The molecule has 2 rings (SSSR count). The molecule has 0 heterocycles. The van der Waals surface area contributed by atoms with Crippen LogP contribution in [0.3, 0.4) is 0 Å². The van der Waals surface area contributed by atoms with E-state index in [1.807, 2.05) is 13.1 Å². The van der Waals surface area contributed by atoms with Crippen molar-refractivity contribution >= 4 is 15.9 Å². The highest BCUT2D eigenvalue weighted by molar-refractivity contribution is 9.10. The molecule has 0 radical (unpaired) electrons. The second kappa shape index (κ2) is 6.63. The van der Waals surface area contributed by atoms with Crippen molar-refractivity contribution in [1.82, 2.24) is 5.32 Å². The van der Waals surface area contributed by atoms with E-state index in [9.17, 15) is 0 Å². The van der Waals surface area contributed by atoms with Crippen molar-refractivity contribution < 1.29 is 4.74 Å². The average molecular weight is 348 g/mol. The Balaban J connectivity index is 2.35. The monoisotopic (exact) mass is 347 g/mol. The van der Waals surface area contributed by atoms with Crippen LogP contribution in [0.2, 0.25) is 0 Å². The number of rotatable bonds is 4. The Hall–Kier alpha value is -1.32. The van der Waals surface area contributed by atoms with Gasteiger partial charge in [-0.2, -0.15) is 0 Å². The van der Waals surface area contributed by atoms with Crippen LogP contribution in [0.4, 0.5) is 0 Å². The van der Waals surface area contributed by atoms with Gasteiger partial charge in [-0.15, -0.1) is 0 Å². The number of hydrogen-bond donors (Lipinski definition) is 1. The maximum Gasteiger partial charge on any atom is 0.141 e. The Morgan fingerprint density at radius 3 is 2.33 bits per heavy atom. The lowest BCUT2D eigenvalue weighted by atomic mass is 10.1. The second-order valence-electron chi connectivity index (χ2n) is 5.46. The Morgan fingerprint density at radius 2 is 1.71 bits per heavy atom. The predicted molar refractivity (Wildman–Crippen MR) is 92.3 cm³/mol. The minimum Gasteiger partial charge on any atom is -0.456 e. The molecule has 1 atom stereocenters. The summed E-state index contributed by atoms with van der Waals surface area (Å²) >= 11 is 3.62. The Bertz CT molecular complexity index is 652. The summed E-state index contributed by atoms with van der Waals surface area (Å²) in [5.74, 6) is 1.80. The van der Waals surface area contributed by atoms with Crippen LogP contribution >= 0.6 is 15.9 Å². The fraction of sp³-hybridized carbons (Fsp3) is 0.333. The quantitative estimate of drug-likeness (QED) is 0.794. The van der Waals surface area contributed by atoms with E-state index in [2.05, 4.69) is 73.2 Å². The highest BCUT2D eigenvalue weighted by Crippen LogP contribution is 2.35. The molecule has 2 aromatic carbocycles. The number of hydrogen-bond acceptors (Lipinski definition) is 2. The standard InChI is InChI=1S/C18H22BrNO/c1-11-6-7-12(2)18(13(11)3)21-17-9-8-15(10-16(17)19)14(4)20-5/h6-10,14,20H,1-5H3. The number of nitrogens with one attached hydrogen (secondary N) is 1. The summed E-state index contributed by atoms with van der Waals surface area (Å²) in [6.45, 7) is 8.42. The molecule has 1 N–H and O–H groups in total. The smallest absolute Gasteiger partial charge is 0.141 e. The molecule has 0 aliphatic rings. The third kappa shape index (κ3) is 3.47. The zero-order chi connectivity index (χ0) is 15.6. The number of halogens is 1. The van der Waals surface area contributed by atoms with Gasteiger partial charge < -0.3 is 10.1 Å². The summed E-state index contributed by atoms with van der Waals surface area (Å²) in [6, 6.07) is 10.8. The van der Waals surface area contributed by atoms with E-state index in [1.54, 1.807) is 0 Å². The van der Waals surface area contributed by atoms with E-state index in [4.69, 9.17) is 4.74 Å². The molecule has 2 nitrogen and oxygen atoms in total. The van der Waals surface area contributed by atoms with Gasteiger partial charge in [-0.3, -0.25) is 0 Å². The van der Waals surface area contributed by atoms with Crippen molar-refractivity contribution in [3.63, 3.8) is 0 Å². The second-order valence-corrected chi connectivity index (χ2v) is 6.31. The fourth-order valence-electron chi connectivity index (χ4n) is 2.23. The fourth-order valence-corrected chi connectivity index (χ4v) is 2.71. The van der Waals surface area contributed by atoms with Gasteiger partial charge in [-0.1, -0.05) is 18.2 Å². The van der Waals surface area contributed by atoms with E-state index < -0.39 is 0 Å². The molecule has 0 bridgehead atoms. The summed E-state index contributed by atoms with van der Waals surface area (Å²) in [5, 5.41) is 3.24. The molecular weight excluding hydrogens is 326 g/mol. The van der Waals surface area contributed by atoms with Crippen LogP contribution in [0, 0.1) is 20.8 Å². The lowest BCUT2D eigenvalue weighted by Gasteiger charge is -2.16. The van der Waals surface area contributed by atoms with Crippen LogP contribution in [-0.4, -0.2) is 7.05 Å². The molecule has 0 spiro atoms. The van der Waals surface area contributed by atoms with Gasteiger partial charge in [0.1, 0.15) is 11.5 Å². The third-order valence-corrected chi connectivity index (χ3v) is 4.59. The summed E-state index contributed by atoms with van der Waals surface area (Å²) in [7, 11) is 1.96. The van der Waals surface area contributed by atoms with Crippen LogP contribution in [0.5, 0.6) is 11.5 Å². The van der Waals surface area contributed by atoms with Gasteiger partial charge in [0.15, 0.2) is 0 Å². The minimum atomic E-state index is 0.317. The van der Waals surface area contributed by atoms with E-state index in [0.29, 0.717) is 6.04 Å². The maximum absolute atomic E-state index is 6.15. The van der Waals surface area contributed by atoms with Gasteiger partial charge in [0.2, 0.25) is 0 Å². The Labute approximate surface area is 135 Å². The summed E-state index contributed by atoms with van der Waals surface area (Å²) in [4.78, 5) is 0. The molecule has 0 aliphatic heterocycles. The molecule has 0 aromatic heterocycles. The molecule has 0 saturated carbocycles. The van der Waals surface area contributed by atoms with Crippen molar-refractivity contribution in [2.45, 2.75) is 33.7 Å². The van der Waals surface area contributed by atoms with Gasteiger partial charge in [-0.25, -0.2) is 0 Å². The first kappa shape index (κ1) is 16.1. The summed E-state index contributed by atoms with van der Waals surface area (Å²) < 4.78 is 7.13. The average Bonchev–Trinajstić information content (AvgIpc) is 2.48. The van der Waals surface area contributed by atoms with Gasteiger partial charge in [0, 0.05) is 6.04 Å². The molecule has 0 amide bonds. The first-order chi connectivity index (χ1) is 9.93. The number of aryl methyl sites for hydroxylation is 2. The normalized spacial score (nSPS) is 12.3. The lowest BCUT2D eigenvalue weighted by Crippen LogP contribution is -2.12. The van der Waals surface area contributed by atoms with Gasteiger partial charge in [0.05, 0.1) is 4.47 Å². The molecule has 0 saturated heterocycles. The molecule has 21 heavy (non-hydrogen) atoms. The SMILES string of the molecule is CNC(C)c1ccc(Oc2c(C)ccc(C)c2C)c(Br)c1. The third-order valence-electron chi connectivity index (χ3n) is 3.97. The highest BCUT2D eigenvalue weighted by atomic mass is 79.9. The Kier molecular flexibility index (Phi) is 5.07. The van der Waals surface area contributed by atoms with Crippen LogP contribution in [0.25, 0.3) is 0 Å². The number of ether oxygens (including phenoxy) is 1. The lowest BCUT2D eigenvalue weighted by molar-refractivity contribution is 0.471. The van der Waals surface area contributed by atoms with Crippen molar-refractivity contribution in [2.24, 2.45) is 0 Å². The van der Waals surface area contributed by atoms with Crippen LogP contribution in [0.1, 0.15) is 35.2 Å². The number of benzene rings is 2. The maximum atomic E-state index is 6.15. The van der Waals surface area contributed by atoms with Crippen molar-refractivity contribution in [2.75, 3.05) is 7.05 Å². The van der Waals surface area contributed by atoms with E-state index in [1.165, 1.54) is 16.7 Å². The van der Waals surface area contributed by atoms with Crippen molar-refractivity contribution in [1.29, 1.82) is 0 Å². The van der Waals surface area contributed by atoms with Gasteiger partial charge in [-0.05, 0) is 85.1 Å². The molecule has 1 unspecified atom stereocenters. The summed E-state index contributed by atoms with van der Waals surface area (Å²) in [6.07, 6.45) is 0. The predicted octanol–water partition coefficient (Wildman–Crippen LogP) is 5.45. The van der Waals surface area contributed by atoms with Crippen molar-refractivity contribution in [3.8, 4) is 11.5 Å². The van der Waals surface area contributed by atoms with E-state index >= 15 is 0 Å². The Morgan fingerprint density at radius 1 is 1.05 bits per heavy atom. The first-order valence-electron chi connectivity index (χ1n) is 7.15. The zero-order valence-corrected chi connectivity index (χ0v) is 14.8. The molecule has 3 heteroatoms.